The molecule has 0 bridgehead atoms. The molecule has 158 valence electrons. The summed E-state index contributed by atoms with van der Waals surface area (Å²) in [6, 6.07) is -0.528. The van der Waals surface area contributed by atoms with Crippen molar-refractivity contribution in [1.82, 2.24) is 10.4 Å². The molecule has 1 rings (SSSR count). The minimum atomic E-state index is -1.40. The summed E-state index contributed by atoms with van der Waals surface area (Å²) < 4.78 is 9.88. The second-order valence-electron chi connectivity index (χ2n) is 7.48. The van der Waals surface area contributed by atoms with Gasteiger partial charge in [-0.2, -0.15) is 0 Å². The third-order valence-corrected chi connectivity index (χ3v) is 5.50. The molecule has 1 aliphatic rings. The first kappa shape index (κ1) is 23.6. The average Bonchev–Trinajstić information content (AvgIpc) is 2.89. The maximum Gasteiger partial charge on any atom is 0.407 e. The van der Waals surface area contributed by atoms with Crippen molar-refractivity contribution in [2.45, 2.75) is 64.3 Å². The van der Waals surface area contributed by atoms with Gasteiger partial charge in [0.1, 0.15) is 6.04 Å². The van der Waals surface area contributed by atoms with Gasteiger partial charge in [0.2, 0.25) is 0 Å². The molecule has 28 heavy (non-hydrogen) atoms. The number of hydroxylamine groups is 2. The van der Waals surface area contributed by atoms with Crippen molar-refractivity contribution in [2.75, 3.05) is 13.2 Å². The maximum absolute atomic E-state index is 12.3. The van der Waals surface area contributed by atoms with E-state index in [0.29, 0.717) is 5.06 Å². The molecule has 3 amide bonds. The Morgan fingerprint density at radius 2 is 1.71 bits per heavy atom. The standard InChI is InChI=1S/C17H28N2O8Si/c1-5-25-15(22)9-6-12(18-17(24)26-10-11-28(2,3)4)16(23)27-19-13(20)7-8-14(19)21/h12H,5-11H2,1-4H3,(H,18,24)/t12-/m0/s1. The molecule has 1 fully saturated rings. The number of nitrogens with zero attached hydrogens (tertiary/aromatic N) is 1. The molecule has 1 heterocycles. The van der Waals surface area contributed by atoms with Gasteiger partial charge in [-0.1, -0.05) is 19.6 Å². The van der Waals surface area contributed by atoms with Crippen molar-refractivity contribution in [3.8, 4) is 0 Å². The first-order valence-electron chi connectivity index (χ1n) is 9.20. The van der Waals surface area contributed by atoms with Gasteiger partial charge < -0.3 is 19.6 Å². The normalized spacial score (nSPS) is 15.2. The van der Waals surface area contributed by atoms with Crippen LogP contribution in [-0.2, 0) is 33.5 Å². The summed E-state index contributed by atoms with van der Waals surface area (Å²) in [5, 5.41) is 2.71. The molecule has 10 nitrogen and oxygen atoms in total. The fraction of sp³-hybridized carbons (Fsp3) is 0.706. The molecule has 0 aromatic rings. The third kappa shape index (κ3) is 8.50. The van der Waals surface area contributed by atoms with Crippen molar-refractivity contribution < 1.29 is 38.3 Å². The van der Waals surface area contributed by atoms with Crippen molar-refractivity contribution in [3.05, 3.63) is 0 Å². The lowest BCUT2D eigenvalue weighted by atomic mass is 10.1. The number of carbonyl (C=O) groups is 5. The van der Waals surface area contributed by atoms with Crippen LogP contribution in [-0.4, -0.2) is 62.2 Å². The van der Waals surface area contributed by atoms with Crippen molar-refractivity contribution in [1.29, 1.82) is 0 Å². The number of alkyl carbamates (subject to hydrolysis) is 1. The number of rotatable bonds is 10. The minimum absolute atomic E-state index is 0.0498. The van der Waals surface area contributed by atoms with Gasteiger partial charge in [-0.25, -0.2) is 9.59 Å². The van der Waals surface area contributed by atoms with Gasteiger partial charge in [-0.15, -0.1) is 5.06 Å². The highest BCUT2D eigenvalue weighted by atomic mass is 28.3. The highest BCUT2D eigenvalue weighted by Crippen LogP contribution is 2.14. The predicted octanol–water partition coefficient (Wildman–Crippen LogP) is 1.37. The predicted molar refractivity (Wildman–Crippen MR) is 99.5 cm³/mol. The highest BCUT2D eigenvalue weighted by molar-refractivity contribution is 6.76. The third-order valence-electron chi connectivity index (χ3n) is 3.79. The SMILES string of the molecule is CCOC(=O)CC[C@H](NC(=O)OCC[Si](C)(C)C)C(=O)ON1C(=O)CCC1=O. The molecule has 0 unspecified atom stereocenters. The van der Waals surface area contributed by atoms with E-state index in [0.717, 1.165) is 6.04 Å². The number of nitrogens with one attached hydrogen (secondary N) is 1. The number of hydrogen-bond acceptors (Lipinski definition) is 8. The van der Waals surface area contributed by atoms with Crippen LogP contribution in [0.5, 0.6) is 0 Å². The van der Waals surface area contributed by atoms with E-state index in [4.69, 9.17) is 14.3 Å². The lowest BCUT2D eigenvalue weighted by Gasteiger charge is -2.20. The van der Waals surface area contributed by atoms with Gasteiger partial charge >= 0.3 is 18.0 Å². The lowest BCUT2D eigenvalue weighted by molar-refractivity contribution is -0.199. The number of carbonyl (C=O) groups excluding carboxylic acids is 5. The van der Waals surface area contributed by atoms with Gasteiger partial charge in [0.25, 0.3) is 11.8 Å². The van der Waals surface area contributed by atoms with Crippen LogP contribution in [0.4, 0.5) is 4.79 Å². The van der Waals surface area contributed by atoms with Crippen LogP contribution >= 0.6 is 0 Å². The van der Waals surface area contributed by atoms with E-state index in [1.54, 1.807) is 6.92 Å². The monoisotopic (exact) mass is 416 g/mol. The molecule has 0 radical (unpaired) electrons. The molecule has 1 saturated heterocycles. The quantitative estimate of drug-likeness (QED) is 0.321. The first-order valence-corrected chi connectivity index (χ1v) is 12.9. The number of amides is 3. The second-order valence-corrected chi connectivity index (χ2v) is 13.1. The van der Waals surface area contributed by atoms with E-state index in [-0.39, 0.29) is 38.9 Å². The fourth-order valence-electron chi connectivity index (χ4n) is 2.19. The van der Waals surface area contributed by atoms with Crippen LogP contribution < -0.4 is 5.32 Å². The van der Waals surface area contributed by atoms with Gasteiger partial charge in [0, 0.05) is 27.3 Å². The number of esters is 1. The van der Waals surface area contributed by atoms with Crippen LogP contribution in [0.15, 0.2) is 0 Å². The van der Waals surface area contributed by atoms with Crippen LogP contribution in [0.25, 0.3) is 0 Å². The second kappa shape index (κ2) is 10.8. The topological polar surface area (TPSA) is 128 Å². The summed E-state index contributed by atoms with van der Waals surface area (Å²) in [7, 11) is -1.40. The Labute approximate surface area is 164 Å². The van der Waals surface area contributed by atoms with Crippen LogP contribution in [0.2, 0.25) is 25.7 Å². The van der Waals surface area contributed by atoms with E-state index in [1.807, 2.05) is 0 Å². The van der Waals surface area contributed by atoms with E-state index in [2.05, 4.69) is 25.0 Å². The molecule has 1 aliphatic heterocycles. The van der Waals surface area contributed by atoms with Gasteiger partial charge in [0.15, 0.2) is 0 Å². The fourth-order valence-corrected chi connectivity index (χ4v) is 2.90. The van der Waals surface area contributed by atoms with Gasteiger partial charge in [-0.3, -0.25) is 14.4 Å². The van der Waals surface area contributed by atoms with E-state index >= 15 is 0 Å². The Bertz CT molecular complexity index is 601. The molecule has 1 atom stereocenters. The van der Waals surface area contributed by atoms with Crippen molar-refractivity contribution in [2.24, 2.45) is 0 Å². The largest absolute Gasteiger partial charge is 0.466 e. The summed E-state index contributed by atoms with van der Waals surface area (Å²) in [4.78, 5) is 63.9. The molecule has 0 aromatic heterocycles. The summed E-state index contributed by atoms with van der Waals surface area (Å²) >= 11 is 0. The Morgan fingerprint density at radius 1 is 1.11 bits per heavy atom. The number of ether oxygens (including phenoxy) is 2. The molecular formula is C17H28N2O8Si. The minimum Gasteiger partial charge on any atom is -0.466 e. The van der Waals surface area contributed by atoms with Gasteiger partial charge in [0.05, 0.1) is 13.2 Å². The zero-order valence-corrected chi connectivity index (χ0v) is 17.7. The lowest BCUT2D eigenvalue weighted by Crippen LogP contribution is -2.46. The van der Waals surface area contributed by atoms with Crippen molar-refractivity contribution in [3.63, 3.8) is 0 Å². The molecule has 0 saturated carbocycles. The van der Waals surface area contributed by atoms with Gasteiger partial charge in [-0.05, 0) is 19.4 Å². The van der Waals surface area contributed by atoms with E-state index in [1.165, 1.54) is 0 Å². The zero-order valence-electron chi connectivity index (χ0n) is 16.7. The maximum atomic E-state index is 12.3. The smallest absolute Gasteiger partial charge is 0.407 e. The summed E-state index contributed by atoms with van der Waals surface area (Å²) in [6.07, 6.45) is -1.23. The summed E-state index contributed by atoms with van der Waals surface area (Å²) in [5.74, 6) is -2.86. The van der Waals surface area contributed by atoms with Crippen LogP contribution in [0.3, 0.4) is 0 Å². The molecule has 1 N–H and O–H groups in total. The van der Waals surface area contributed by atoms with E-state index in [9.17, 15) is 24.0 Å². The highest BCUT2D eigenvalue weighted by Gasteiger charge is 2.35. The van der Waals surface area contributed by atoms with Crippen LogP contribution in [0, 0.1) is 0 Å². The number of hydrogen-bond donors (Lipinski definition) is 1. The Balaban J connectivity index is 2.67. The summed E-state index contributed by atoms with van der Waals surface area (Å²) in [6.45, 7) is 8.39. The van der Waals surface area contributed by atoms with Crippen molar-refractivity contribution >= 4 is 37.9 Å². The Morgan fingerprint density at radius 3 is 2.25 bits per heavy atom. The molecular weight excluding hydrogens is 388 g/mol. The molecule has 11 heteroatoms. The Hall–Kier alpha value is -2.43. The van der Waals surface area contributed by atoms with E-state index < -0.39 is 44.0 Å². The molecule has 0 aromatic carbocycles. The first-order chi connectivity index (χ1) is 13.0. The zero-order chi connectivity index (χ0) is 21.3. The summed E-state index contributed by atoms with van der Waals surface area (Å²) in [5.41, 5.74) is 0. The van der Waals surface area contributed by atoms with Crippen LogP contribution in [0.1, 0.15) is 32.6 Å². The number of imide groups is 1. The Kier molecular flexibility index (Phi) is 9.09. The molecule has 0 aliphatic carbocycles. The molecule has 0 spiro atoms. The average molecular weight is 417 g/mol.